The van der Waals surface area contributed by atoms with Crippen LogP contribution in [0.5, 0.6) is 0 Å². The van der Waals surface area contributed by atoms with Crippen molar-refractivity contribution >= 4 is 27.3 Å². The molecule has 30 heavy (non-hydrogen) atoms. The molecule has 0 saturated carbocycles. The number of hydrogen-bond acceptors (Lipinski definition) is 7. The van der Waals surface area contributed by atoms with Gasteiger partial charge in [0.2, 0.25) is 0 Å². The summed E-state index contributed by atoms with van der Waals surface area (Å²) in [5.74, 6) is -6.48. The highest BCUT2D eigenvalue weighted by atomic mass is 32.2. The zero-order chi connectivity index (χ0) is 23.5. The van der Waals surface area contributed by atoms with Gasteiger partial charge in [-0.25, -0.2) is 4.79 Å². The molecule has 3 N–H and O–H groups in total. The number of carbonyl (C=O) groups is 1. The quantitative estimate of drug-likeness (QED) is 0.311. The molecule has 2 aromatic rings. The second-order valence-corrected chi connectivity index (χ2v) is 9.27. The topological polar surface area (TPSA) is 134 Å². The van der Waals surface area contributed by atoms with Gasteiger partial charge in [0.15, 0.2) is 0 Å². The van der Waals surface area contributed by atoms with Crippen molar-refractivity contribution < 1.29 is 54.7 Å². The lowest BCUT2D eigenvalue weighted by Crippen LogP contribution is -2.47. The van der Waals surface area contributed by atoms with Gasteiger partial charge in [-0.2, -0.15) is 26.0 Å². The van der Waals surface area contributed by atoms with Gasteiger partial charge in [-0.3, -0.25) is 4.55 Å². The van der Waals surface area contributed by atoms with Crippen LogP contribution < -0.4 is 0 Å². The molecule has 0 unspecified atom stereocenters. The Morgan fingerprint density at radius 3 is 2.00 bits per heavy atom. The first-order valence-corrected chi connectivity index (χ1v) is 9.90. The summed E-state index contributed by atoms with van der Waals surface area (Å²) in [6.07, 6.45) is -1.89. The van der Waals surface area contributed by atoms with Crippen LogP contribution in [-0.2, 0) is 26.1 Å². The van der Waals surface area contributed by atoms with E-state index in [9.17, 15) is 41.0 Å². The number of fused-ring (bicyclic) bond motifs is 2. The van der Waals surface area contributed by atoms with Crippen molar-refractivity contribution in [1.82, 2.24) is 0 Å². The average Bonchev–Trinajstić information content (AvgIpc) is 3.10. The molecule has 13 heteroatoms. The molecule has 0 aliphatic rings. The van der Waals surface area contributed by atoms with Crippen LogP contribution in [0.3, 0.4) is 0 Å². The number of carbonyl (C=O) groups excluding carboxylic acids is 1. The van der Waals surface area contributed by atoms with Crippen LogP contribution in [0.1, 0.15) is 55.6 Å². The van der Waals surface area contributed by atoms with E-state index >= 15 is 0 Å². The van der Waals surface area contributed by atoms with Crippen LogP contribution in [0.4, 0.5) is 17.6 Å². The maximum Gasteiger partial charge on any atom is 0.431 e. The fourth-order valence-corrected chi connectivity index (χ4v) is 3.44. The SMILES string of the molecule is CC(C)(O)c1c(C(C)(C)O)c2oc1cc2C(=O)OCCC(F)(F)C(F)(F)S(=O)(=O)O. The standard InChI is InChI=1S/C17H20F4O8S/c1-14(2,23)10-9-7-8(12(29-9)11(10)15(3,4)24)13(22)28-6-5-16(18,19)17(20,21)30(25,26)27/h7,23-24H,5-6H2,1-4H3,(H,25,26,27). The Kier molecular flexibility index (Phi) is 5.70. The molecular weight excluding hydrogens is 440 g/mol. The van der Waals surface area contributed by atoms with E-state index in [1.165, 1.54) is 27.7 Å². The molecule has 2 heterocycles. The lowest BCUT2D eigenvalue weighted by molar-refractivity contribution is -0.168. The van der Waals surface area contributed by atoms with E-state index in [-0.39, 0.29) is 27.9 Å². The summed E-state index contributed by atoms with van der Waals surface area (Å²) in [5, 5.41) is 14.9. The highest BCUT2D eigenvalue weighted by Crippen LogP contribution is 2.44. The monoisotopic (exact) mass is 460 g/mol. The van der Waals surface area contributed by atoms with Crippen LogP contribution in [-0.4, -0.2) is 46.9 Å². The second-order valence-electron chi connectivity index (χ2n) is 7.80. The third-order valence-electron chi connectivity index (χ3n) is 4.30. The Bertz CT molecular complexity index is 1040. The molecule has 2 aromatic heterocycles. The van der Waals surface area contributed by atoms with Crippen molar-refractivity contribution in [3.8, 4) is 0 Å². The largest absolute Gasteiger partial charge is 0.462 e. The summed E-state index contributed by atoms with van der Waals surface area (Å²) in [5.41, 5.74) is -3.28. The van der Waals surface area contributed by atoms with Gasteiger partial charge < -0.3 is 19.4 Å². The van der Waals surface area contributed by atoms with E-state index in [1.54, 1.807) is 0 Å². The molecule has 2 rings (SSSR count). The van der Waals surface area contributed by atoms with Gasteiger partial charge in [-0.15, -0.1) is 0 Å². The minimum absolute atomic E-state index is 0.0183. The molecule has 0 amide bonds. The van der Waals surface area contributed by atoms with E-state index in [1.807, 2.05) is 0 Å². The number of ether oxygens (including phenoxy) is 1. The number of benzene rings is 1. The summed E-state index contributed by atoms with van der Waals surface area (Å²) >= 11 is 0. The summed E-state index contributed by atoms with van der Waals surface area (Å²) in [6, 6.07) is 1.13. The van der Waals surface area contributed by atoms with Gasteiger partial charge in [-0.05, 0) is 33.8 Å². The highest BCUT2D eigenvalue weighted by Gasteiger charge is 2.65. The summed E-state index contributed by atoms with van der Waals surface area (Å²) in [6.45, 7) is 4.22. The molecule has 170 valence electrons. The lowest BCUT2D eigenvalue weighted by Gasteiger charge is -2.25. The Labute approximate surface area is 168 Å². The molecule has 0 atom stereocenters. The summed E-state index contributed by atoms with van der Waals surface area (Å²) in [7, 11) is -6.40. The first-order valence-electron chi connectivity index (χ1n) is 8.46. The third kappa shape index (κ3) is 4.11. The average molecular weight is 460 g/mol. The van der Waals surface area contributed by atoms with Gasteiger partial charge in [0.25, 0.3) is 0 Å². The van der Waals surface area contributed by atoms with Crippen molar-refractivity contribution in [3.05, 3.63) is 22.8 Å². The van der Waals surface area contributed by atoms with E-state index in [2.05, 4.69) is 4.74 Å². The lowest BCUT2D eigenvalue weighted by atomic mass is 9.84. The molecule has 0 aliphatic carbocycles. The normalized spacial score (nSPS) is 14.5. The van der Waals surface area contributed by atoms with Crippen LogP contribution in [0.2, 0.25) is 0 Å². The Morgan fingerprint density at radius 1 is 1.07 bits per heavy atom. The van der Waals surface area contributed by atoms with Crippen molar-refractivity contribution in [2.45, 2.75) is 56.5 Å². The first-order chi connectivity index (χ1) is 13.2. The van der Waals surface area contributed by atoms with Crippen LogP contribution >= 0.6 is 0 Å². The van der Waals surface area contributed by atoms with Crippen molar-refractivity contribution in [3.63, 3.8) is 0 Å². The van der Waals surface area contributed by atoms with Gasteiger partial charge in [0.1, 0.15) is 16.7 Å². The van der Waals surface area contributed by atoms with Gasteiger partial charge in [0.05, 0.1) is 24.2 Å². The van der Waals surface area contributed by atoms with E-state index in [0.29, 0.717) is 0 Å². The molecule has 0 spiro atoms. The first kappa shape index (κ1) is 24.3. The zero-order valence-corrected chi connectivity index (χ0v) is 17.1. The predicted molar refractivity (Wildman–Crippen MR) is 94.2 cm³/mol. The smallest absolute Gasteiger partial charge is 0.431 e. The number of aliphatic hydroxyl groups is 2. The molecule has 8 nitrogen and oxygen atoms in total. The highest BCUT2D eigenvalue weighted by molar-refractivity contribution is 7.87. The number of rotatable bonds is 8. The van der Waals surface area contributed by atoms with Crippen LogP contribution in [0.25, 0.3) is 11.2 Å². The minimum Gasteiger partial charge on any atom is -0.462 e. The number of halogens is 4. The van der Waals surface area contributed by atoms with E-state index in [4.69, 9.17) is 8.97 Å². The maximum atomic E-state index is 13.5. The molecule has 0 radical (unpaired) electrons. The van der Waals surface area contributed by atoms with Gasteiger partial charge >= 0.3 is 27.3 Å². The Balaban J connectivity index is 2.26. The van der Waals surface area contributed by atoms with Gasteiger partial charge in [0, 0.05) is 11.1 Å². The van der Waals surface area contributed by atoms with Crippen LogP contribution in [0.15, 0.2) is 10.5 Å². The van der Waals surface area contributed by atoms with Crippen molar-refractivity contribution in [1.29, 1.82) is 0 Å². The molecular formula is C17H20F4O8S. The molecule has 0 aromatic carbocycles. The third-order valence-corrected chi connectivity index (χ3v) is 5.24. The summed E-state index contributed by atoms with van der Waals surface area (Å²) in [4.78, 5) is 12.2. The fourth-order valence-electron chi connectivity index (χ4n) is 2.96. The molecule has 0 fully saturated rings. The minimum atomic E-state index is -6.40. The fraction of sp³-hybridized carbons (Fsp3) is 0.588. The number of esters is 1. The summed E-state index contributed by atoms with van der Waals surface area (Å²) < 4.78 is 92.4. The Morgan fingerprint density at radius 2 is 1.57 bits per heavy atom. The zero-order valence-electron chi connectivity index (χ0n) is 16.3. The van der Waals surface area contributed by atoms with Crippen LogP contribution in [0, 0.1) is 0 Å². The van der Waals surface area contributed by atoms with Gasteiger partial charge in [-0.1, -0.05) is 0 Å². The number of hydrogen-bond donors (Lipinski definition) is 3. The molecule has 2 bridgehead atoms. The number of alkyl halides is 4. The number of furan rings is 2. The predicted octanol–water partition coefficient (Wildman–Crippen LogP) is 2.99. The molecule has 0 saturated heterocycles. The Hall–Kier alpha value is -1.96. The molecule has 0 aliphatic heterocycles. The van der Waals surface area contributed by atoms with E-state index < -0.39 is 51.5 Å². The maximum absolute atomic E-state index is 13.5. The van der Waals surface area contributed by atoms with E-state index in [0.717, 1.165) is 6.07 Å². The van der Waals surface area contributed by atoms with Crippen molar-refractivity contribution in [2.75, 3.05) is 6.61 Å². The van der Waals surface area contributed by atoms with Crippen molar-refractivity contribution in [2.24, 2.45) is 0 Å². The second kappa shape index (κ2) is 7.04.